The summed E-state index contributed by atoms with van der Waals surface area (Å²) in [4.78, 5) is 16.1. The standard InChI is InChI=1S/C22H20N8O2S/c23-30-21(28-29-22(30)33-15-20(31)26-19-11-4-5-12-24-19)27-25-14-16-7-6-10-18(13-16)32-17-8-2-1-3-9-17/h1-14H,15,23H2,(H,27,28)(H,24,26,31)/b25-14+. The molecule has 0 aliphatic carbocycles. The lowest BCUT2D eigenvalue weighted by Crippen LogP contribution is -2.17. The summed E-state index contributed by atoms with van der Waals surface area (Å²) in [7, 11) is 0. The van der Waals surface area contributed by atoms with Crippen LogP contribution >= 0.6 is 11.8 Å². The van der Waals surface area contributed by atoms with Gasteiger partial charge in [0, 0.05) is 6.20 Å². The number of nitrogens with zero attached hydrogens (tertiary/aromatic N) is 5. The molecule has 2 aromatic heterocycles. The quantitative estimate of drug-likeness (QED) is 0.150. The SMILES string of the molecule is Nn1c(N/N=C/c2cccc(Oc3ccccc3)c2)nnc1SCC(=O)Nc1ccccn1. The Kier molecular flexibility index (Phi) is 7.13. The normalized spacial score (nSPS) is 10.8. The van der Waals surface area contributed by atoms with E-state index in [0.29, 0.717) is 16.7 Å². The van der Waals surface area contributed by atoms with E-state index in [0.717, 1.165) is 23.1 Å². The summed E-state index contributed by atoms with van der Waals surface area (Å²) >= 11 is 1.14. The molecule has 0 atom stereocenters. The first-order valence-corrected chi connectivity index (χ1v) is 10.8. The molecule has 0 saturated carbocycles. The highest BCUT2D eigenvalue weighted by atomic mass is 32.2. The summed E-state index contributed by atoms with van der Waals surface area (Å²) in [6.07, 6.45) is 3.21. The van der Waals surface area contributed by atoms with Gasteiger partial charge in [-0.15, -0.1) is 10.2 Å². The van der Waals surface area contributed by atoms with Crippen LogP contribution in [0.15, 0.2) is 89.3 Å². The molecule has 0 bridgehead atoms. The number of thioether (sulfide) groups is 1. The van der Waals surface area contributed by atoms with Gasteiger partial charge in [0.2, 0.25) is 11.1 Å². The topological polar surface area (TPSA) is 132 Å². The van der Waals surface area contributed by atoms with E-state index in [2.05, 4.69) is 31.0 Å². The van der Waals surface area contributed by atoms with Gasteiger partial charge in [-0.1, -0.05) is 48.2 Å². The minimum Gasteiger partial charge on any atom is -0.457 e. The molecule has 0 spiro atoms. The highest BCUT2D eigenvalue weighted by Gasteiger charge is 2.12. The summed E-state index contributed by atoms with van der Waals surface area (Å²) in [5, 5.41) is 15.1. The molecule has 10 nitrogen and oxygen atoms in total. The molecule has 0 saturated heterocycles. The Hall–Kier alpha value is -4.38. The number of ether oxygens (including phenoxy) is 1. The van der Waals surface area contributed by atoms with E-state index in [1.54, 1.807) is 30.6 Å². The van der Waals surface area contributed by atoms with E-state index < -0.39 is 0 Å². The number of hydrogen-bond acceptors (Lipinski definition) is 9. The van der Waals surface area contributed by atoms with Crippen molar-refractivity contribution in [3.8, 4) is 11.5 Å². The number of pyridine rings is 1. The molecule has 4 rings (SSSR count). The summed E-state index contributed by atoms with van der Waals surface area (Å²) in [5.74, 6) is 8.02. The Morgan fingerprint density at radius 3 is 2.70 bits per heavy atom. The summed E-state index contributed by atoms with van der Waals surface area (Å²) < 4.78 is 7.05. The fourth-order valence-corrected chi connectivity index (χ4v) is 3.30. The molecule has 0 radical (unpaired) electrons. The van der Waals surface area contributed by atoms with Gasteiger partial charge < -0.3 is 15.9 Å². The zero-order valence-corrected chi connectivity index (χ0v) is 18.1. The summed E-state index contributed by atoms with van der Waals surface area (Å²) in [6, 6.07) is 22.3. The number of amides is 1. The van der Waals surface area contributed by atoms with Crippen molar-refractivity contribution in [3.63, 3.8) is 0 Å². The van der Waals surface area contributed by atoms with Gasteiger partial charge in [0.05, 0.1) is 12.0 Å². The number of benzene rings is 2. The molecule has 4 aromatic rings. The van der Waals surface area contributed by atoms with Crippen molar-refractivity contribution in [2.45, 2.75) is 5.16 Å². The highest BCUT2D eigenvalue weighted by Crippen LogP contribution is 2.21. The Morgan fingerprint density at radius 1 is 1.06 bits per heavy atom. The van der Waals surface area contributed by atoms with Gasteiger partial charge in [0.15, 0.2) is 0 Å². The lowest BCUT2D eigenvalue weighted by Gasteiger charge is -2.06. The van der Waals surface area contributed by atoms with E-state index in [1.807, 2.05) is 54.6 Å². The fraction of sp³-hybridized carbons (Fsp3) is 0.0455. The molecule has 0 aliphatic heterocycles. The number of hydrazone groups is 1. The predicted molar refractivity (Wildman–Crippen MR) is 128 cm³/mol. The predicted octanol–water partition coefficient (Wildman–Crippen LogP) is 3.36. The van der Waals surface area contributed by atoms with Gasteiger partial charge in [-0.25, -0.2) is 15.1 Å². The van der Waals surface area contributed by atoms with Crippen molar-refractivity contribution in [2.75, 3.05) is 22.3 Å². The van der Waals surface area contributed by atoms with Gasteiger partial charge in [-0.3, -0.25) is 4.79 Å². The van der Waals surface area contributed by atoms with Crippen molar-refractivity contribution in [1.82, 2.24) is 19.9 Å². The fourth-order valence-electron chi connectivity index (χ4n) is 2.64. The molecule has 0 fully saturated rings. The first-order valence-electron chi connectivity index (χ1n) is 9.83. The van der Waals surface area contributed by atoms with Crippen LogP contribution in [0.3, 0.4) is 0 Å². The van der Waals surface area contributed by atoms with E-state index in [-0.39, 0.29) is 17.6 Å². The molecule has 1 amide bonds. The van der Waals surface area contributed by atoms with Gasteiger partial charge in [0.25, 0.3) is 5.95 Å². The van der Waals surface area contributed by atoms with Crippen LogP contribution in [0.25, 0.3) is 0 Å². The van der Waals surface area contributed by atoms with Gasteiger partial charge in [-0.2, -0.15) is 5.10 Å². The zero-order valence-electron chi connectivity index (χ0n) is 17.3. The Bertz CT molecular complexity index is 1230. The number of carbonyl (C=O) groups is 1. The van der Waals surface area contributed by atoms with E-state index in [9.17, 15) is 4.79 Å². The van der Waals surface area contributed by atoms with Crippen LogP contribution in [0.4, 0.5) is 11.8 Å². The first-order chi connectivity index (χ1) is 16.2. The second-order valence-corrected chi connectivity index (χ2v) is 7.53. The van der Waals surface area contributed by atoms with Crippen LogP contribution in [-0.4, -0.2) is 37.7 Å². The van der Waals surface area contributed by atoms with Crippen LogP contribution in [0.1, 0.15) is 5.56 Å². The number of aromatic nitrogens is 4. The maximum atomic E-state index is 12.1. The Balaban J connectivity index is 1.30. The van der Waals surface area contributed by atoms with Crippen molar-refractivity contribution < 1.29 is 9.53 Å². The third-order valence-electron chi connectivity index (χ3n) is 4.14. The lowest BCUT2D eigenvalue weighted by molar-refractivity contribution is -0.113. The third-order valence-corrected chi connectivity index (χ3v) is 5.09. The maximum Gasteiger partial charge on any atom is 0.264 e. The number of anilines is 2. The van der Waals surface area contributed by atoms with Gasteiger partial charge in [0.1, 0.15) is 17.3 Å². The molecule has 0 unspecified atom stereocenters. The smallest absolute Gasteiger partial charge is 0.264 e. The summed E-state index contributed by atoms with van der Waals surface area (Å²) in [6.45, 7) is 0. The molecule has 33 heavy (non-hydrogen) atoms. The Labute approximate surface area is 193 Å². The number of nitrogen functional groups attached to an aromatic ring is 1. The first kappa shape index (κ1) is 21.8. The molecule has 11 heteroatoms. The van der Waals surface area contributed by atoms with Crippen molar-refractivity contribution in [1.29, 1.82) is 0 Å². The average Bonchev–Trinajstić information content (AvgIpc) is 3.18. The van der Waals surface area contributed by atoms with Crippen LogP contribution in [-0.2, 0) is 4.79 Å². The maximum absolute atomic E-state index is 12.1. The largest absolute Gasteiger partial charge is 0.457 e. The summed E-state index contributed by atoms with van der Waals surface area (Å²) in [5.41, 5.74) is 3.57. The molecule has 2 heterocycles. The van der Waals surface area contributed by atoms with Gasteiger partial charge in [-0.05, 0) is 42.0 Å². The molecular formula is C22H20N8O2S. The number of rotatable bonds is 9. The van der Waals surface area contributed by atoms with Crippen LogP contribution < -0.4 is 21.3 Å². The molecule has 2 aromatic carbocycles. The highest BCUT2D eigenvalue weighted by molar-refractivity contribution is 7.99. The van der Waals surface area contributed by atoms with Crippen LogP contribution in [0.5, 0.6) is 11.5 Å². The number of nitrogens with one attached hydrogen (secondary N) is 2. The monoisotopic (exact) mass is 460 g/mol. The minimum atomic E-state index is -0.230. The lowest BCUT2D eigenvalue weighted by atomic mass is 10.2. The van der Waals surface area contributed by atoms with Crippen molar-refractivity contribution >= 4 is 35.6 Å². The van der Waals surface area contributed by atoms with E-state index >= 15 is 0 Å². The van der Waals surface area contributed by atoms with Crippen molar-refractivity contribution in [2.24, 2.45) is 5.10 Å². The average molecular weight is 461 g/mol. The number of hydrogen-bond donors (Lipinski definition) is 3. The number of para-hydroxylation sites is 1. The van der Waals surface area contributed by atoms with E-state index in [4.69, 9.17) is 10.6 Å². The second kappa shape index (κ2) is 10.8. The molecule has 0 aliphatic rings. The van der Waals surface area contributed by atoms with Crippen LogP contribution in [0.2, 0.25) is 0 Å². The zero-order chi connectivity index (χ0) is 22.9. The molecule has 166 valence electrons. The van der Waals surface area contributed by atoms with Crippen molar-refractivity contribution in [3.05, 3.63) is 84.6 Å². The third kappa shape index (κ3) is 6.31. The minimum absolute atomic E-state index is 0.101. The van der Waals surface area contributed by atoms with Crippen LogP contribution in [0, 0.1) is 0 Å². The number of carbonyl (C=O) groups excluding carboxylic acids is 1. The molecule has 4 N–H and O–H groups in total. The second-order valence-electron chi connectivity index (χ2n) is 6.59. The Morgan fingerprint density at radius 2 is 1.88 bits per heavy atom. The molecular weight excluding hydrogens is 440 g/mol. The number of nitrogens with two attached hydrogens (primary N) is 1. The van der Waals surface area contributed by atoms with Gasteiger partial charge >= 0.3 is 0 Å². The van der Waals surface area contributed by atoms with E-state index in [1.165, 1.54) is 4.68 Å².